The molecule has 5 nitrogen and oxygen atoms in total. The molecule has 3 rings (SSSR count). The van der Waals surface area contributed by atoms with Gasteiger partial charge in [0.25, 0.3) is 5.91 Å². The second-order valence-corrected chi connectivity index (χ2v) is 6.52. The van der Waals surface area contributed by atoms with Crippen LogP contribution in [0, 0.1) is 0 Å². The summed E-state index contributed by atoms with van der Waals surface area (Å²) in [6.45, 7) is 6.43. The van der Waals surface area contributed by atoms with Crippen LogP contribution in [-0.2, 0) is 12.0 Å². The molecular formula is C16H21N3O2. The van der Waals surface area contributed by atoms with Crippen molar-refractivity contribution in [3.63, 3.8) is 0 Å². The third-order valence-corrected chi connectivity index (χ3v) is 3.87. The van der Waals surface area contributed by atoms with Crippen LogP contribution in [0.25, 0.3) is 0 Å². The van der Waals surface area contributed by atoms with Gasteiger partial charge in [0.2, 0.25) is 0 Å². The molecule has 2 aromatic heterocycles. The zero-order valence-electron chi connectivity index (χ0n) is 12.7. The average Bonchev–Trinajstić information content (AvgIpc) is 3.07. The van der Waals surface area contributed by atoms with E-state index in [4.69, 9.17) is 4.42 Å². The maximum atomic E-state index is 12.2. The summed E-state index contributed by atoms with van der Waals surface area (Å²) in [6, 6.07) is 3.42. The molecule has 21 heavy (non-hydrogen) atoms. The van der Waals surface area contributed by atoms with Crippen molar-refractivity contribution in [2.75, 3.05) is 0 Å². The molecule has 0 spiro atoms. The van der Waals surface area contributed by atoms with Crippen molar-refractivity contribution in [1.29, 1.82) is 0 Å². The SMILES string of the molecule is CC(C)(C)n1ncc2c1CCCC2NC(=O)c1ccco1. The van der Waals surface area contributed by atoms with Crippen molar-refractivity contribution in [3.05, 3.63) is 41.6 Å². The van der Waals surface area contributed by atoms with Crippen LogP contribution in [0.3, 0.4) is 0 Å². The van der Waals surface area contributed by atoms with Gasteiger partial charge in [-0.3, -0.25) is 9.48 Å². The molecule has 1 amide bonds. The molecular weight excluding hydrogens is 266 g/mol. The number of fused-ring (bicyclic) bond motifs is 1. The first-order chi connectivity index (χ1) is 9.97. The fourth-order valence-electron chi connectivity index (χ4n) is 2.92. The van der Waals surface area contributed by atoms with E-state index in [0.29, 0.717) is 5.76 Å². The van der Waals surface area contributed by atoms with Crippen molar-refractivity contribution in [3.8, 4) is 0 Å². The summed E-state index contributed by atoms with van der Waals surface area (Å²) in [5.74, 6) is 0.187. The molecule has 2 heterocycles. The lowest BCUT2D eigenvalue weighted by Gasteiger charge is -2.28. The Hall–Kier alpha value is -2.04. The summed E-state index contributed by atoms with van der Waals surface area (Å²) in [5.41, 5.74) is 2.33. The van der Waals surface area contributed by atoms with Gasteiger partial charge in [-0.05, 0) is 52.2 Å². The number of carbonyl (C=O) groups excluding carboxylic acids is 1. The Morgan fingerprint density at radius 2 is 2.29 bits per heavy atom. The summed E-state index contributed by atoms with van der Waals surface area (Å²) in [4.78, 5) is 12.2. The van der Waals surface area contributed by atoms with Crippen molar-refractivity contribution >= 4 is 5.91 Å². The molecule has 0 aromatic carbocycles. The van der Waals surface area contributed by atoms with Crippen molar-refractivity contribution in [1.82, 2.24) is 15.1 Å². The van der Waals surface area contributed by atoms with E-state index in [0.717, 1.165) is 24.8 Å². The highest BCUT2D eigenvalue weighted by Crippen LogP contribution is 2.32. The quantitative estimate of drug-likeness (QED) is 0.923. The van der Waals surface area contributed by atoms with Crippen LogP contribution in [0.5, 0.6) is 0 Å². The molecule has 0 saturated carbocycles. The van der Waals surface area contributed by atoms with Gasteiger partial charge >= 0.3 is 0 Å². The monoisotopic (exact) mass is 287 g/mol. The first kappa shape index (κ1) is 13.9. The van der Waals surface area contributed by atoms with Gasteiger partial charge in [-0.2, -0.15) is 5.10 Å². The van der Waals surface area contributed by atoms with Crippen LogP contribution in [-0.4, -0.2) is 15.7 Å². The third-order valence-electron chi connectivity index (χ3n) is 3.87. The zero-order valence-corrected chi connectivity index (χ0v) is 12.7. The molecule has 0 aliphatic heterocycles. The Balaban J connectivity index is 1.85. The number of aromatic nitrogens is 2. The predicted octanol–water partition coefficient (Wildman–Crippen LogP) is 3.04. The van der Waals surface area contributed by atoms with Crippen LogP contribution in [0.15, 0.2) is 29.0 Å². The molecule has 112 valence electrons. The minimum Gasteiger partial charge on any atom is -0.459 e. The second-order valence-electron chi connectivity index (χ2n) is 6.52. The fourth-order valence-corrected chi connectivity index (χ4v) is 2.92. The Morgan fingerprint density at radius 1 is 1.48 bits per heavy atom. The smallest absolute Gasteiger partial charge is 0.287 e. The molecule has 1 aliphatic rings. The lowest BCUT2D eigenvalue weighted by molar-refractivity contribution is 0.0904. The van der Waals surface area contributed by atoms with E-state index in [1.165, 1.54) is 12.0 Å². The summed E-state index contributed by atoms with van der Waals surface area (Å²) in [7, 11) is 0. The number of carbonyl (C=O) groups is 1. The molecule has 1 aliphatic carbocycles. The minimum atomic E-state index is -0.165. The van der Waals surface area contributed by atoms with Crippen LogP contribution in [0.1, 0.15) is 61.5 Å². The largest absolute Gasteiger partial charge is 0.459 e. The molecule has 5 heteroatoms. The Labute approximate surface area is 124 Å². The number of amides is 1. The van der Waals surface area contributed by atoms with Crippen molar-refractivity contribution < 1.29 is 9.21 Å². The van der Waals surface area contributed by atoms with Gasteiger partial charge in [-0.25, -0.2) is 0 Å². The van der Waals surface area contributed by atoms with E-state index in [-0.39, 0.29) is 17.5 Å². The number of rotatable bonds is 2. The second kappa shape index (κ2) is 5.06. The van der Waals surface area contributed by atoms with E-state index in [1.807, 2.05) is 6.20 Å². The third kappa shape index (κ3) is 2.60. The molecule has 0 saturated heterocycles. The fraction of sp³-hybridized carbons (Fsp3) is 0.500. The van der Waals surface area contributed by atoms with Gasteiger partial charge in [0.1, 0.15) is 0 Å². The van der Waals surface area contributed by atoms with E-state index in [1.54, 1.807) is 12.1 Å². The van der Waals surface area contributed by atoms with Crippen molar-refractivity contribution in [2.45, 2.75) is 51.6 Å². The summed E-state index contributed by atoms with van der Waals surface area (Å²) in [5, 5.41) is 7.59. The van der Waals surface area contributed by atoms with Gasteiger partial charge in [0, 0.05) is 11.3 Å². The Morgan fingerprint density at radius 3 is 2.95 bits per heavy atom. The molecule has 0 radical (unpaired) electrons. The maximum absolute atomic E-state index is 12.2. The lowest BCUT2D eigenvalue weighted by atomic mass is 9.92. The molecule has 1 atom stereocenters. The van der Waals surface area contributed by atoms with Gasteiger partial charge in [-0.15, -0.1) is 0 Å². The lowest BCUT2D eigenvalue weighted by Crippen LogP contribution is -2.32. The molecule has 2 aromatic rings. The van der Waals surface area contributed by atoms with Crippen LogP contribution < -0.4 is 5.32 Å². The zero-order chi connectivity index (χ0) is 15.0. The number of hydrogen-bond acceptors (Lipinski definition) is 3. The van der Waals surface area contributed by atoms with E-state index >= 15 is 0 Å². The first-order valence-electron chi connectivity index (χ1n) is 7.38. The highest BCUT2D eigenvalue weighted by molar-refractivity contribution is 5.91. The van der Waals surface area contributed by atoms with Gasteiger partial charge in [0.05, 0.1) is 24.0 Å². The molecule has 0 fully saturated rings. The van der Waals surface area contributed by atoms with E-state index < -0.39 is 0 Å². The Bertz CT molecular complexity index is 635. The molecule has 1 unspecified atom stereocenters. The standard InChI is InChI=1S/C16H21N3O2/c1-16(2,3)19-13-7-4-6-12(11(13)10-17-19)18-15(20)14-8-5-9-21-14/h5,8-10,12H,4,6-7H2,1-3H3,(H,18,20). The molecule has 0 bridgehead atoms. The number of nitrogens with one attached hydrogen (secondary N) is 1. The Kier molecular flexibility index (Phi) is 3.35. The van der Waals surface area contributed by atoms with Gasteiger partial charge in [-0.1, -0.05) is 0 Å². The van der Waals surface area contributed by atoms with Crippen LogP contribution in [0.2, 0.25) is 0 Å². The highest BCUT2D eigenvalue weighted by atomic mass is 16.3. The van der Waals surface area contributed by atoms with E-state index in [2.05, 4.69) is 35.9 Å². The summed E-state index contributed by atoms with van der Waals surface area (Å²) >= 11 is 0. The summed E-state index contributed by atoms with van der Waals surface area (Å²) < 4.78 is 7.23. The topological polar surface area (TPSA) is 60.1 Å². The number of hydrogen-bond donors (Lipinski definition) is 1. The van der Waals surface area contributed by atoms with Crippen LogP contribution in [0.4, 0.5) is 0 Å². The normalized spacial score (nSPS) is 18.3. The maximum Gasteiger partial charge on any atom is 0.287 e. The number of furan rings is 1. The van der Waals surface area contributed by atoms with Gasteiger partial charge in [0.15, 0.2) is 5.76 Å². The summed E-state index contributed by atoms with van der Waals surface area (Å²) in [6.07, 6.45) is 6.42. The number of nitrogens with zero attached hydrogens (tertiary/aromatic N) is 2. The van der Waals surface area contributed by atoms with Crippen molar-refractivity contribution in [2.24, 2.45) is 0 Å². The van der Waals surface area contributed by atoms with E-state index in [9.17, 15) is 4.79 Å². The minimum absolute atomic E-state index is 0.0162. The molecule has 1 N–H and O–H groups in total. The van der Waals surface area contributed by atoms with Crippen LogP contribution >= 0.6 is 0 Å². The highest BCUT2D eigenvalue weighted by Gasteiger charge is 2.29. The average molecular weight is 287 g/mol. The first-order valence-corrected chi connectivity index (χ1v) is 7.38. The van der Waals surface area contributed by atoms with Gasteiger partial charge < -0.3 is 9.73 Å². The predicted molar refractivity (Wildman–Crippen MR) is 79.1 cm³/mol.